The molecule has 0 radical (unpaired) electrons. The van der Waals surface area contributed by atoms with E-state index in [-0.39, 0.29) is 18.8 Å². The van der Waals surface area contributed by atoms with Crippen LogP contribution in [0.3, 0.4) is 0 Å². The number of hydrogen-bond donors (Lipinski definition) is 1. The molecule has 0 spiro atoms. The summed E-state index contributed by atoms with van der Waals surface area (Å²) in [5, 5.41) is 11.1. The highest BCUT2D eigenvalue weighted by atomic mass is 79.9. The first-order valence-corrected chi connectivity index (χ1v) is 11.8. The first-order chi connectivity index (χ1) is 12.6. The molecule has 0 heterocycles. The fourth-order valence-corrected chi connectivity index (χ4v) is 8.29. The van der Waals surface area contributed by atoms with Gasteiger partial charge in [-0.25, -0.2) is 0 Å². The summed E-state index contributed by atoms with van der Waals surface area (Å²) in [4.78, 5) is 0. The lowest BCUT2D eigenvalue weighted by Crippen LogP contribution is -2.55. The molecule has 27 heavy (non-hydrogen) atoms. The molecule has 0 saturated heterocycles. The monoisotopic (exact) mass is 448 g/mol. The highest BCUT2D eigenvalue weighted by Crippen LogP contribution is 2.66. The van der Waals surface area contributed by atoms with Crippen LogP contribution in [0.2, 0.25) is 0 Å². The normalized spacial score (nSPS) is 49.9. The van der Waals surface area contributed by atoms with Gasteiger partial charge in [0.25, 0.3) is 0 Å². The Morgan fingerprint density at radius 3 is 2.41 bits per heavy atom. The molecule has 4 saturated carbocycles. The van der Waals surface area contributed by atoms with Gasteiger partial charge in [0.1, 0.15) is 0 Å². The zero-order valence-electron chi connectivity index (χ0n) is 16.2. The highest BCUT2D eigenvalue weighted by molar-refractivity contribution is 9.09. The van der Waals surface area contributed by atoms with Crippen molar-refractivity contribution in [3.63, 3.8) is 0 Å². The van der Waals surface area contributed by atoms with Crippen LogP contribution in [0.5, 0.6) is 0 Å². The molecule has 4 aliphatic rings. The van der Waals surface area contributed by atoms with Crippen molar-refractivity contribution in [3.05, 3.63) is 12.2 Å². The molecule has 8 atom stereocenters. The van der Waals surface area contributed by atoms with E-state index in [0.717, 1.165) is 24.6 Å². The van der Waals surface area contributed by atoms with E-state index in [9.17, 15) is 18.3 Å². The maximum Gasteiger partial charge on any atom is 0.417 e. The lowest BCUT2D eigenvalue weighted by molar-refractivity contribution is -0.282. The van der Waals surface area contributed by atoms with Gasteiger partial charge >= 0.3 is 6.18 Å². The van der Waals surface area contributed by atoms with Crippen LogP contribution in [0.15, 0.2) is 12.2 Å². The van der Waals surface area contributed by atoms with Gasteiger partial charge < -0.3 is 5.11 Å². The summed E-state index contributed by atoms with van der Waals surface area (Å²) >= 11 is 3.59. The average Bonchev–Trinajstić information content (AvgIpc) is 2.97. The fourth-order valence-electron chi connectivity index (χ4n) is 7.90. The minimum absolute atomic E-state index is 0.0469. The minimum Gasteiger partial charge on any atom is -0.380 e. The Morgan fingerprint density at radius 1 is 1.04 bits per heavy atom. The molecule has 1 N–H and O–H groups in total. The van der Waals surface area contributed by atoms with Crippen molar-refractivity contribution in [2.75, 3.05) is 5.33 Å². The third kappa shape index (κ3) is 3.05. The van der Waals surface area contributed by atoms with Crippen molar-refractivity contribution in [2.45, 2.75) is 76.5 Å². The van der Waals surface area contributed by atoms with E-state index in [1.54, 1.807) is 0 Å². The minimum atomic E-state index is -4.49. The molecule has 5 heteroatoms. The van der Waals surface area contributed by atoms with Crippen molar-refractivity contribution in [2.24, 2.45) is 40.9 Å². The number of aliphatic hydroxyl groups is 1. The van der Waals surface area contributed by atoms with E-state index in [4.69, 9.17) is 0 Å². The van der Waals surface area contributed by atoms with Crippen LogP contribution in [0.4, 0.5) is 13.2 Å². The average molecular weight is 449 g/mol. The molecule has 4 rings (SSSR count). The highest BCUT2D eigenvalue weighted by Gasteiger charge is 2.61. The van der Waals surface area contributed by atoms with Gasteiger partial charge in [0.15, 0.2) is 5.60 Å². The van der Waals surface area contributed by atoms with Gasteiger partial charge in [-0.15, -0.1) is 0 Å². The summed E-state index contributed by atoms with van der Waals surface area (Å²) in [6.45, 7) is 6.77. The second kappa shape index (κ2) is 6.75. The van der Waals surface area contributed by atoms with Crippen molar-refractivity contribution in [1.82, 2.24) is 0 Å². The zero-order valence-corrected chi connectivity index (χ0v) is 17.8. The molecule has 1 nitrogen and oxygen atoms in total. The Bertz CT molecular complexity index is 605. The van der Waals surface area contributed by atoms with Crippen LogP contribution < -0.4 is 0 Å². The molecule has 0 amide bonds. The van der Waals surface area contributed by atoms with E-state index < -0.39 is 11.8 Å². The van der Waals surface area contributed by atoms with Gasteiger partial charge in [-0.1, -0.05) is 35.0 Å². The van der Waals surface area contributed by atoms with Gasteiger partial charge in [0, 0.05) is 5.33 Å². The maximum atomic E-state index is 13.3. The van der Waals surface area contributed by atoms with Crippen LogP contribution >= 0.6 is 15.9 Å². The number of halogens is 4. The largest absolute Gasteiger partial charge is 0.417 e. The standard InChI is InChI=1S/C22H32BrF3O/c1-13(12-23)18-5-6-19-17-4-3-14-11-21(27,22(24,25)26)10-8-15(14)16(17)7-9-20(18,19)2/h14-19,27H,1,3-12H2,2H3/t14-,15+,16?,17-,18-,19+,20-,21-/m1/s1. The summed E-state index contributed by atoms with van der Waals surface area (Å²) in [6, 6.07) is 0. The second-order valence-corrected chi connectivity index (χ2v) is 10.7. The summed E-state index contributed by atoms with van der Waals surface area (Å²) in [6.07, 6.45) is 2.58. The zero-order chi connectivity index (χ0) is 19.6. The van der Waals surface area contributed by atoms with Gasteiger partial charge in [-0.2, -0.15) is 13.2 Å². The Morgan fingerprint density at radius 2 is 1.74 bits per heavy atom. The smallest absolute Gasteiger partial charge is 0.380 e. The van der Waals surface area contributed by atoms with E-state index in [0.29, 0.717) is 41.4 Å². The number of allylic oxidation sites excluding steroid dienone is 1. The van der Waals surface area contributed by atoms with Crippen LogP contribution in [0, 0.1) is 40.9 Å². The summed E-state index contributed by atoms with van der Waals surface area (Å²) in [7, 11) is 0. The molecule has 4 aliphatic carbocycles. The molecular formula is C22H32BrF3O. The molecule has 1 unspecified atom stereocenters. The first kappa shape index (κ1) is 20.3. The Balaban J connectivity index is 1.52. The molecule has 4 fully saturated rings. The summed E-state index contributed by atoms with van der Waals surface area (Å²) in [5.74, 6) is 2.94. The molecule has 0 aromatic carbocycles. The quantitative estimate of drug-likeness (QED) is 0.377. The topological polar surface area (TPSA) is 20.2 Å². The van der Waals surface area contributed by atoms with E-state index in [2.05, 4.69) is 29.4 Å². The number of hydrogen-bond acceptors (Lipinski definition) is 1. The Labute approximate surface area is 169 Å². The van der Waals surface area contributed by atoms with Crippen molar-refractivity contribution in [1.29, 1.82) is 0 Å². The second-order valence-electron chi connectivity index (χ2n) is 10.2. The molecular weight excluding hydrogens is 417 g/mol. The molecule has 0 aliphatic heterocycles. The van der Waals surface area contributed by atoms with Crippen molar-refractivity contribution < 1.29 is 18.3 Å². The SMILES string of the molecule is C=C(CBr)[C@H]1CC[C@H]2[C@@H]3CC[C@@H]4C[C@@](O)(C(F)(F)F)CC[C@@H]4C3CC[C@]12C. The van der Waals surface area contributed by atoms with E-state index in [1.165, 1.54) is 24.8 Å². The summed E-state index contributed by atoms with van der Waals surface area (Å²) in [5.41, 5.74) is -0.809. The molecule has 0 aromatic heterocycles. The van der Waals surface area contributed by atoms with Crippen LogP contribution in [0.25, 0.3) is 0 Å². The fraction of sp³-hybridized carbons (Fsp3) is 0.909. The predicted molar refractivity (Wildman–Crippen MR) is 105 cm³/mol. The Hall–Kier alpha value is -0.0300. The van der Waals surface area contributed by atoms with Crippen LogP contribution in [-0.2, 0) is 0 Å². The predicted octanol–water partition coefficient (Wildman–Crippen LogP) is 6.50. The van der Waals surface area contributed by atoms with Gasteiger partial charge in [0.05, 0.1) is 0 Å². The van der Waals surface area contributed by atoms with Crippen LogP contribution in [-0.4, -0.2) is 22.2 Å². The van der Waals surface area contributed by atoms with Gasteiger partial charge in [0.2, 0.25) is 0 Å². The summed E-state index contributed by atoms with van der Waals surface area (Å²) < 4.78 is 40.0. The third-order valence-corrected chi connectivity index (χ3v) is 9.92. The number of fused-ring (bicyclic) bond motifs is 5. The lowest BCUT2D eigenvalue weighted by atomic mass is 9.48. The Kier molecular flexibility index (Phi) is 5.06. The lowest BCUT2D eigenvalue weighted by Gasteiger charge is -2.57. The number of alkyl halides is 4. The number of rotatable bonds is 2. The van der Waals surface area contributed by atoms with Crippen molar-refractivity contribution in [3.8, 4) is 0 Å². The molecule has 0 bridgehead atoms. The van der Waals surface area contributed by atoms with E-state index >= 15 is 0 Å². The third-order valence-electron chi connectivity index (χ3n) is 9.20. The molecule has 0 aromatic rings. The first-order valence-electron chi connectivity index (χ1n) is 10.6. The van der Waals surface area contributed by atoms with E-state index in [1.807, 2.05) is 0 Å². The van der Waals surface area contributed by atoms with Gasteiger partial charge in [-0.3, -0.25) is 0 Å². The molecule has 154 valence electrons. The van der Waals surface area contributed by atoms with Crippen molar-refractivity contribution >= 4 is 15.9 Å². The van der Waals surface area contributed by atoms with Gasteiger partial charge in [-0.05, 0) is 98.7 Å². The van der Waals surface area contributed by atoms with Crippen LogP contribution in [0.1, 0.15) is 64.7 Å². The maximum absolute atomic E-state index is 13.3.